The van der Waals surface area contributed by atoms with Crippen LogP contribution in [0.25, 0.3) is 0 Å². The second-order valence-electron chi connectivity index (χ2n) is 5.53. The zero-order valence-corrected chi connectivity index (χ0v) is 13.4. The second kappa shape index (κ2) is 13.9. The van der Waals surface area contributed by atoms with Crippen molar-refractivity contribution in [2.45, 2.75) is 104 Å². The molecule has 0 spiro atoms. The third-order valence-electron chi connectivity index (χ3n) is 3.59. The lowest BCUT2D eigenvalue weighted by molar-refractivity contribution is -0.149. The van der Waals surface area contributed by atoms with Crippen LogP contribution in [0.1, 0.15) is 97.8 Å². The van der Waals surface area contributed by atoms with E-state index in [1.165, 1.54) is 51.4 Å². The van der Waals surface area contributed by atoms with Gasteiger partial charge in [0.2, 0.25) is 0 Å². The molecule has 0 radical (unpaired) electrons. The lowest BCUT2D eigenvalue weighted by Crippen LogP contribution is -2.17. The Kier molecular flexibility index (Phi) is 13.5. The Morgan fingerprint density at radius 3 is 1.95 bits per heavy atom. The highest BCUT2D eigenvalue weighted by Gasteiger charge is 2.11. The summed E-state index contributed by atoms with van der Waals surface area (Å²) in [5, 5.41) is 0. The number of carbonyl (C=O) groups excluding carboxylic acids is 1. The van der Waals surface area contributed by atoms with Gasteiger partial charge < -0.3 is 4.74 Å². The lowest BCUT2D eigenvalue weighted by Gasteiger charge is -2.15. The van der Waals surface area contributed by atoms with E-state index in [4.69, 9.17) is 4.74 Å². The van der Waals surface area contributed by atoms with Crippen LogP contribution in [0.15, 0.2) is 0 Å². The molecule has 0 amide bonds. The first kappa shape index (κ1) is 18.5. The first-order valence-electron chi connectivity index (χ1n) is 8.44. The smallest absolute Gasteiger partial charge is 0.306 e. The number of esters is 1. The van der Waals surface area contributed by atoms with Gasteiger partial charge in [-0.05, 0) is 25.7 Å². The molecule has 0 heterocycles. The molecule has 0 aliphatic rings. The van der Waals surface area contributed by atoms with E-state index in [2.05, 4.69) is 13.8 Å². The van der Waals surface area contributed by atoms with Crippen LogP contribution in [0.2, 0.25) is 0 Å². The van der Waals surface area contributed by atoms with E-state index in [0.29, 0.717) is 6.42 Å². The average molecular weight is 270 g/mol. The summed E-state index contributed by atoms with van der Waals surface area (Å²) in [4.78, 5) is 11.4. The van der Waals surface area contributed by atoms with E-state index < -0.39 is 0 Å². The minimum atomic E-state index is -0.0195. The first-order valence-corrected chi connectivity index (χ1v) is 8.44. The summed E-state index contributed by atoms with van der Waals surface area (Å²) in [6.07, 6.45) is 14.3. The molecule has 0 aliphatic carbocycles. The SMILES string of the molecule is CCCCCCCCCCC(CC)OC(=O)CCC. The lowest BCUT2D eigenvalue weighted by atomic mass is 10.0. The fraction of sp³-hybridized carbons (Fsp3) is 0.941. The van der Waals surface area contributed by atoms with Crippen molar-refractivity contribution >= 4 is 5.97 Å². The van der Waals surface area contributed by atoms with Crippen LogP contribution in [0, 0.1) is 0 Å². The summed E-state index contributed by atoms with van der Waals surface area (Å²) in [5.74, 6) is -0.0195. The van der Waals surface area contributed by atoms with Gasteiger partial charge in [0, 0.05) is 6.42 Å². The molecule has 0 saturated heterocycles. The fourth-order valence-corrected chi connectivity index (χ4v) is 2.30. The highest BCUT2D eigenvalue weighted by Crippen LogP contribution is 2.14. The van der Waals surface area contributed by atoms with Gasteiger partial charge in [0.1, 0.15) is 6.10 Å². The molecule has 0 N–H and O–H groups in total. The number of unbranched alkanes of at least 4 members (excludes halogenated alkanes) is 7. The molecule has 114 valence electrons. The van der Waals surface area contributed by atoms with Crippen LogP contribution in [0.4, 0.5) is 0 Å². The summed E-state index contributed by atoms with van der Waals surface area (Å²) in [5.41, 5.74) is 0. The molecule has 1 unspecified atom stereocenters. The van der Waals surface area contributed by atoms with Gasteiger partial charge in [-0.2, -0.15) is 0 Å². The van der Waals surface area contributed by atoms with Crippen molar-refractivity contribution in [2.75, 3.05) is 0 Å². The topological polar surface area (TPSA) is 26.3 Å². The first-order chi connectivity index (χ1) is 9.24. The van der Waals surface area contributed by atoms with Crippen molar-refractivity contribution in [3.05, 3.63) is 0 Å². The van der Waals surface area contributed by atoms with Gasteiger partial charge in [-0.3, -0.25) is 4.79 Å². The standard InChI is InChI=1S/C17H34O2/c1-4-7-8-9-10-11-12-13-15-16(6-3)19-17(18)14-5-2/h16H,4-15H2,1-3H3. The molecule has 0 rings (SSSR count). The van der Waals surface area contributed by atoms with Gasteiger partial charge >= 0.3 is 5.97 Å². The molecule has 2 nitrogen and oxygen atoms in total. The summed E-state index contributed by atoms with van der Waals surface area (Å²) >= 11 is 0. The third-order valence-corrected chi connectivity index (χ3v) is 3.59. The zero-order chi connectivity index (χ0) is 14.3. The van der Waals surface area contributed by atoms with Gasteiger partial charge in [0.25, 0.3) is 0 Å². The number of hydrogen-bond acceptors (Lipinski definition) is 2. The van der Waals surface area contributed by atoms with E-state index in [1.54, 1.807) is 0 Å². The molecule has 0 aliphatic heterocycles. The molecule has 0 fully saturated rings. The van der Waals surface area contributed by atoms with Crippen LogP contribution in [-0.4, -0.2) is 12.1 Å². The quantitative estimate of drug-likeness (QED) is 0.320. The molecule has 0 saturated carbocycles. The van der Waals surface area contributed by atoms with Crippen molar-refractivity contribution < 1.29 is 9.53 Å². The van der Waals surface area contributed by atoms with E-state index in [9.17, 15) is 4.79 Å². The Labute approximate surface area is 120 Å². The predicted molar refractivity (Wildman–Crippen MR) is 82.3 cm³/mol. The minimum absolute atomic E-state index is 0.0195. The molecular weight excluding hydrogens is 236 g/mol. The van der Waals surface area contributed by atoms with Crippen molar-refractivity contribution in [3.8, 4) is 0 Å². The molecule has 2 heteroatoms. The summed E-state index contributed by atoms with van der Waals surface area (Å²) in [7, 11) is 0. The Hall–Kier alpha value is -0.530. The number of rotatable bonds is 13. The molecule has 0 aromatic carbocycles. The Morgan fingerprint density at radius 2 is 1.42 bits per heavy atom. The van der Waals surface area contributed by atoms with Crippen molar-refractivity contribution in [3.63, 3.8) is 0 Å². The van der Waals surface area contributed by atoms with E-state index >= 15 is 0 Å². The zero-order valence-electron chi connectivity index (χ0n) is 13.4. The van der Waals surface area contributed by atoms with Crippen LogP contribution < -0.4 is 0 Å². The maximum atomic E-state index is 11.4. The van der Waals surface area contributed by atoms with Gasteiger partial charge in [0.05, 0.1) is 0 Å². The minimum Gasteiger partial charge on any atom is -0.462 e. The molecule has 1 atom stereocenters. The van der Waals surface area contributed by atoms with Gasteiger partial charge in [0.15, 0.2) is 0 Å². The van der Waals surface area contributed by atoms with E-state index in [-0.39, 0.29) is 12.1 Å². The Morgan fingerprint density at radius 1 is 0.842 bits per heavy atom. The number of hydrogen-bond donors (Lipinski definition) is 0. The molecular formula is C17H34O2. The molecule has 0 bridgehead atoms. The van der Waals surface area contributed by atoms with Gasteiger partial charge in [-0.1, -0.05) is 65.7 Å². The van der Waals surface area contributed by atoms with Crippen molar-refractivity contribution in [2.24, 2.45) is 0 Å². The van der Waals surface area contributed by atoms with Gasteiger partial charge in [-0.15, -0.1) is 0 Å². The highest BCUT2D eigenvalue weighted by atomic mass is 16.5. The monoisotopic (exact) mass is 270 g/mol. The second-order valence-corrected chi connectivity index (χ2v) is 5.53. The van der Waals surface area contributed by atoms with E-state index in [1.807, 2.05) is 6.92 Å². The molecule has 0 aromatic rings. The maximum absolute atomic E-state index is 11.4. The van der Waals surface area contributed by atoms with Crippen LogP contribution in [0.5, 0.6) is 0 Å². The maximum Gasteiger partial charge on any atom is 0.306 e. The normalized spacial score (nSPS) is 12.4. The number of ether oxygens (including phenoxy) is 1. The van der Waals surface area contributed by atoms with Crippen LogP contribution >= 0.6 is 0 Å². The van der Waals surface area contributed by atoms with E-state index in [0.717, 1.165) is 19.3 Å². The highest BCUT2D eigenvalue weighted by molar-refractivity contribution is 5.69. The van der Waals surface area contributed by atoms with Crippen LogP contribution in [-0.2, 0) is 9.53 Å². The van der Waals surface area contributed by atoms with Crippen LogP contribution in [0.3, 0.4) is 0 Å². The summed E-state index contributed by atoms with van der Waals surface area (Å²) < 4.78 is 5.46. The third kappa shape index (κ3) is 12.3. The largest absolute Gasteiger partial charge is 0.462 e. The van der Waals surface area contributed by atoms with Crippen molar-refractivity contribution in [1.82, 2.24) is 0 Å². The summed E-state index contributed by atoms with van der Waals surface area (Å²) in [6, 6.07) is 0. The summed E-state index contributed by atoms with van der Waals surface area (Å²) in [6.45, 7) is 6.38. The Balaban J connectivity index is 3.43. The van der Waals surface area contributed by atoms with Gasteiger partial charge in [-0.25, -0.2) is 0 Å². The van der Waals surface area contributed by atoms with Crippen molar-refractivity contribution in [1.29, 1.82) is 0 Å². The Bertz CT molecular complexity index is 201. The predicted octanol–water partition coefficient (Wildman–Crippen LogP) is 5.64. The fourth-order valence-electron chi connectivity index (χ4n) is 2.30. The molecule has 19 heavy (non-hydrogen) atoms. The number of carbonyl (C=O) groups is 1. The average Bonchev–Trinajstić information content (AvgIpc) is 2.40. The molecule has 0 aromatic heterocycles.